The van der Waals surface area contributed by atoms with E-state index in [4.69, 9.17) is 9.47 Å². The molecule has 2 aliphatic heterocycles. The maximum Gasteiger partial charge on any atom is 0.295 e. The third-order valence-corrected chi connectivity index (χ3v) is 6.51. The predicted octanol–water partition coefficient (Wildman–Crippen LogP) is 4.07. The summed E-state index contributed by atoms with van der Waals surface area (Å²) in [6.45, 7) is 9.83. The Hall–Kier alpha value is -3.23. The zero-order chi connectivity index (χ0) is 25.8. The van der Waals surface area contributed by atoms with Crippen LogP contribution in [0.5, 0.6) is 5.75 Å². The van der Waals surface area contributed by atoms with Crippen LogP contribution >= 0.6 is 0 Å². The molecule has 1 N–H and O–H groups in total. The van der Waals surface area contributed by atoms with Crippen LogP contribution in [0, 0.1) is 12.7 Å². The summed E-state index contributed by atoms with van der Waals surface area (Å²) in [4.78, 5) is 30.1. The minimum Gasteiger partial charge on any atom is -0.507 e. The number of morpholine rings is 1. The van der Waals surface area contributed by atoms with Gasteiger partial charge in [0.2, 0.25) is 0 Å². The highest BCUT2D eigenvalue weighted by molar-refractivity contribution is 6.46. The second kappa shape index (κ2) is 11.2. The molecule has 2 aromatic rings. The number of nitrogens with zero attached hydrogens (tertiary/aromatic N) is 2. The van der Waals surface area contributed by atoms with Gasteiger partial charge in [0.05, 0.1) is 30.9 Å². The molecule has 4 rings (SSSR count). The van der Waals surface area contributed by atoms with E-state index in [2.05, 4.69) is 4.90 Å². The van der Waals surface area contributed by atoms with Gasteiger partial charge in [0.15, 0.2) is 0 Å². The van der Waals surface area contributed by atoms with Gasteiger partial charge < -0.3 is 19.5 Å². The van der Waals surface area contributed by atoms with Crippen LogP contribution in [-0.4, -0.2) is 72.1 Å². The van der Waals surface area contributed by atoms with E-state index in [0.717, 1.165) is 25.2 Å². The summed E-state index contributed by atoms with van der Waals surface area (Å²) in [5, 5.41) is 11.3. The van der Waals surface area contributed by atoms with Gasteiger partial charge in [-0.25, -0.2) is 4.39 Å². The van der Waals surface area contributed by atoms with Gasteiger partial charge in [-0.05, 0) is 68.7 Å². The zero-order valence-corrected chi connectivity index (χ0v) is 21.0. The molecule has 2 aromatic carbocycles. The van der Waals surface area contributed by atoms with Gasteiger partial charge in [0, 0.05) is 31.7 Å². The summed E-state index contributed by atoms with van der Waals surface area (Å²) in [6.07, 6.45) is 0.648. The molecule has 2 fully saturated rings. The van der Waals surface area contributed by atoms with Crippen LogP contribution in [0.15, 0.2) is 48.0 Å². The number of aryl methyl sites for hydroxylation is 1. The van der Waals surface area contributed by atoms with Crippen molar-refractivity contribution < 1.29 is 28.6 Å². The second-order valence-corrected chi connectivity index (χ2v) is 9.50. The number of aliphatic hydroxyl groups excluding tert-OH is 1. The quantitative estimate of drug-likeness (QED) is 0.337. The number of ketones is 1. The van der Waals surface area contributed by atoms with Crippen LogP contribution < -0.4 is 4.74 Å². The molecular formula is C28H33FN2O5. The highest BCUT2D eigenvalue weighted by atomic mass is 19.1. The van der Waals surface area contributed by atoms with Crippen LogP contribution in [0.2, 0.25) is 0 Å². The number of rotatable bonds is 8. The average Bonchev–Trinajstić information content (AvgIpc) is 3.11. The summed E-state index contributed by atoms with van der Waals surface area (Å²) in [6, 6.07) is 10.1. The summed E-state index contributed by atoms with van der Waals surface area (Å²) in [5.41, 5.74) is 1.79. The fourth-order valence-electron chi connectivity index (χ4n) is 4.73. The summed E-state index contributed by atoms with van der Waals surface area (Å²) >= 11 is 0. The normalized spacial score (nSPS) is 20.4. The first-order valence-corrected chi connectivity index (χ1v) is 12.4. The molecule has 7 nitrogen and oxygen atoms in total. The van der Waals surface area contributed by atoms with Gasteiger partial charge in [-0.2, -0.15) is 0 Å². The molecule has 1 atom stereocenters. The number of ether oxygens (including phenoxy) is 2. The lowest BCUT2D eigenvalue weighted by molar-refractivity contribution is -0.140. The standard InChI is InChI=1S/C28H33FN2O5/c1-18(2)36-23-10-7-21(17-19(23)3)26(32)24-25(20-5-8-22(29)9-6-20)31(28(34)27(24)33)12-4-11-30-13-15-35-16-14-30/h5-10,17-18,25,32H,4,11-16H2,1-3H3/b26-24+/t25-/m0/s1. The Labute approximate surface area is 211 Å². The van der Waals surface area contributed by atoms with Gasteiger partial charge in [0.25, 0.3) is 11.7 Å². The minimum atomic E-state index is -0.804. The maximum atomic E-state index is 13.7. The first-order valence-electron chi connectivity index (χ1n) is 12.4. The number of halogens is 1. The highest BCUT2D eigenvalue weighted by Gasteiger charge is 2.45. The number of likely N-dealkylation sites (tertiary alicyclic amines) is 1. The molecule has 1 amide bonds. The van der Waals surface area contributed by atoms with Gasteiger partial charge in [0.1, 0.15) is 17.3 Å². The Morgan fingerprint density at radius 2 is 1.81 bits per heavy atom. The van der Waals surface area contributed by atoms with E-state index >= 15 is 0 Å². The van der Waals surface area contributed by atoms with Crippen LogP contribution in [-0.2, 0) is 14.3 Å². The topological polar surface area (TPSA) is 79.3 Å². The second-order valence-electron chi connectivity index (χ2n) is 9.50. The SMILES string of the molecule is Cc1cc(/C(O)=C2\C(=O)C(=O)N(CCCN3CCOCC3)[C@H]2c2ccc(F)cc2)ccc1OC(C)C. The first kappa shape index (κ1) is 25.9. The van der Waals surface area contributed by atoms with Crippen LogP contribution in [0.25, 0.3) is 5.76 Å². The van der Waals surface area contributed by atoms with Crippen LogP contribution in [0.4, 0.5) is 4.39 Å². The number of carbonyl (C=O) groups excluding carboxylic acids is 2. The third kappa shape index (κ3) is 5.60. The third-order valence-electron chi connectivity index (χ3n) is 6.51. The van der Waals surface area contributed by atoms with E-state index in [0.29, 0.717) is 43.1 Å². The first-order chi connectivity index (χ1) is 17.3. The number of Topliss-reactive ketones (excluding diaryl/α,β-unsaturated/α-hetero) is 1. The van der Waals surface area contributed by atoms with Crippen molar-refractivity contribution in [3.8, 4) is 5.75 Å². The average molecular weight is 497 g/mol. The number of benzene rings is 2. The van der Waals surface area contributed by atoms with Gasteiger partial charge >= 0.3 is 0 Å². The molecule has 0 saturated carbocycles. The van der Waals surface area contributed by atoms with Crippen molar-refractivity contribution in [2.24, 2.45) is 0 Å². The maximum absolute atomic E-state index is 13.7. The Morgan fingerprint density at radius 1 is 1.11 bits per heavy atom. The molecule has 36 heavy (non-hydrogen) atoms. The van der Waals surface area contributed by atoms with E-state index in [9.17, 15) is 19.1 Å². The van der Waals surface area contributed by atoms with E-state index in [-0.39, 0.29) is 17.4 Å². The summed E-state index contributed by atoms with van der Waals surface area (Å²) < 4.78 is 24.9. The molecule has 0 radical (unpaired) electrons. The highest BCUT2D eigenvalue weighted by Crippen LogP contribution is 2.40. The Morgan fingerprint density at radius 3 is 2.44 bits per heavy atom. The van der Waals surface area contributed by atoms with E-state index in [1.807, 2.05) is 20.8 Å². The fraction of sp³-hybridized carbons (Fsp3) is 0.429. The Bertz CT molecular complexity index is 1140. The molecule has 0 aliphatic carbocycles. The largest absolute Gasteiger partial charge is 0.507 e. The smallest absolute Gasteiger partial charge is 0.295 e. The molecule has 0 spiro atoms. The molecular weight excluding hydrogens is 463 g/mol. The van der Waals surface area contributed by atoms with E-state index < -0.39 is 23.5 Å². The van der Waals surface area contributed by atoms with Crippen molar-refractivity contribution in [3.63, 3.8) is 0 Å². The molecule has 0 aromatic heterocycles. The van der Waals surface area contributed by atoms with Crippen molar-refractivity contribution in [3.05, 3.63) is 70.5 Å². The number of carbonyl (C=O) groups is 2. The number of aliphatic hydroxyl groups is 1. The van der Waals surface area contributed by atoms with E-state index in [1.54, 1.807) is 30.3 Å². The lowest BCUT2D eigenvalue weighted by atomic mass is 9.94. The van der Waals surface area contributed by atoms with Crippen molar-refractivity contribution in [1.29, 1.82) is 0 Å². The Kier molecular flexibility index (Phi) is 8.06. The number of amides is 1. The van der Waals surface area contributed by atoms with Crippen molar-refractivity contribution >= 4 is 17.4 Å². The molecule has 2 aliphatic rings. The fourth-order valence-corrected chi connectivity index (χ4v) is 4.73. The van der Waals surface area contributed by atoms with Crippen molar-refractivity contribution in [2.75, 3.05) is 39.4 Å². The van der Waals surface area contributed by atoms with E-state index in [1.165, 1.54) is 17.0 Å². The monoisotopic (exact) mass is 496 g/mol. The molecule has 2 saturated heterocycles. The summed E-state index contributed by atoms with van der Waals surface area (Å²) in [7, 11) is 0. The van der Waals surface area contributed by atoms with Crippen molar-refractivity contribution in [1.82, 2.24) is 9.80 Å². The minimum absolute atomic E-state index is 0.00917. The lowest BCUT2D eigenvalue weighted by Crippen LogP contribution is -2.38. The Balaban J connectivity index is 1.67. The molecule has 192 valence electrons. The molecule has 0 bridgehead atoms. The zero-order valence-electron chi connectivity index (χ0n) is 21.0. The predicted molar refractivity (Wildman–Crippen MR) is 134 cm³/mol. The van der Waals surface area contributed by atoms with Crippen LogP contribution in [0.3, 0.4) is 0 Å². The molecule has 8 heteroatoms. The van der Waals surface area contributed by atoms with Crippen molar-refractivity contribution in [2.45, 2.75) is 39.3 Å². The molecule has 0 unspecified atom stereocenters. The summed E-state index contributed by atoms with van der Waals surface area (Å²) in [5.74, 6) is -1.39. The lowest BCUT2D eigenvalue weighted by Gasteiger charge is -2.29. The van der Waals surface area contributed by atoms with Gasteiger partial charge in [-0.1, -0.05) is 12.1 Å². The van der Waals surface area contributed by atoms with Crippen LogP contribution in [0.1, 0.15) is 43.0 Å². The molecule has 2 heterocycles. The van der Waals surface area contributed by atoms with Gasteiger partial charge in [-0.3, -0.25) is 14.5 Å². The number of hydrogen-bond donors (Lipinski definition) is 1. The van der Waals surface area contributed by atoms with Gasteiger partial charge in [-0.15, -0.1) is 0 Å². The number of hydrogen-bond acceptors (Lipinski definition) is 6.